The zero-order valence-corrected chi connectivity index (χ0v) is 11.4. The molecule has 0 heterocycles. The molecule has 0 radical (unpaired) electrons. The number of sulfonamides is 1. The van der Waals surface area contributed by atoms with Gasteiger partial charge in [-0.2, -0.15) is 0 Å². The van der Waals surface area contributed by atoms with Crippen molar-refractivity contribution < 1.29 is 27.1 Å². The third-order valence-electron chi connectivity index (χ3n) is 3.22. The third kappa shape index (κ3) is 5.82. The summed E-state index contributed by atoms with van der Waals surface area (Å²) in [6.45, 7) is -0.0348. The highest BCUT2D eigenvalue weighted by Gasteiger charge is 2.43. The average Bonchev–Trinajstić information content (AvgIpc) is 2.27. The van der Waals surface area contributed by atoms with E-state index in [2.05, 4.69) is 4.72 Å². The Morgan fingerprint density at radius 2 is 2.05 bits per heavy atom. The highest BCUT2D eigenvalue weighted by molar-refractivity contribution is 7.89. The Labute approximate surface area is 111 Å². The first-order chi connectivity index (χ1) is 8.73. The molecule has 1 unspecified atom stereocenters. The van der Waals surface area contributed by atoms with Crippen molar-refractivity contribution >= 4 is 16.0 Å². The molecule has 1 atom stereocenters. The normalized spacial score (nSPS) is 23.2. The van der Waals surface area contributed by atoms with Crippen LogP contribution in [0, 0.1) is 5.92 Å². The first kappa shape index (κ1) is 16.3. The number of aliphatic carboxylic acids is 1. The van der Waals surface area contributed by atoms with Crippen molar-refractivity contribution in [1.82, 2.24) is 4.72 Å². The lowest BCUT2D eigenvalue weighted by molar-refractivity contribution is -0.137. The summed E-state index contributed by atoms with van der Waals surface area (Å²) in [6.07, 6.45) is 0.997. The second-order valence-corrected chi connectivity index (χ2v) is 6.73. The largest absolute Gasteiger partial charge is 0.481 e. The Morgan fingerprint density at radius 1 is 1.37 bits per heavy atom. The maximum absolute atomic E-state index is 13.5. The van der Waals surface area contributed by atoms with E-state index in [-0.39, 0.29) is 32.2 Å². The van der Waals surface area contributed by atoms with Crippen LogP contribution in [0.4, 0.5) is 8.78 Å². The molecule has 1 aliphatic carbocycles. The summed E-state index contributed by atoms with van der Waals surface area (Å²) in [7, 11) is -3.77. The molecular formula is C11H19F2NO4S. The minimum absolute atomic E-state index is 0.0348. The molecule has 1 fully saturated rings. The molecule has 0 amide bonds. The molecule has 5 nitrogen and oxygen atoms in total. The van der Waals surface area contributed by atoms with Gasteiger partial charge in [-0.05, 0) is 19.3 Å². The monoisotopic (exact) mass is 299 g/mol. The van der Waals surface area contributed by atoms with Crippen LogP contribution in [-0.2, 0) is 14.8 Å². The summed E-state index contributed by atoms with van der Waals surface area (Å²) >= 11 is 0. The summed E-state index contributed by atoms with van der Waals surface area (Å²) in [6, 6.07) is 0. The van der Waals surface area contributed by atoms with Crippen molar-refractivity contribution in [3.63, 3.8) is 0 Å². The molecule has 2 N–H and O–H groups in total. The van der Waals surface area contributed by atoms with E-state index in [1.54, 1.807) is 0 Å². The zero-order valence-electron chi connectivity index (χ0n) is 10.6. The zero-order chi connectivity index (χ0) is 14.5. The number of alkyl halides is 2. The summed E-state index contributed by atoms with van der Waals surface area (Å²) in [4.78, 5) is 10.2. The maximum atomic E-state index is 13.5. The standard InChI is InChI=1S/C11H19F2NO4S/c12-11(13)6-2-1-4-9(11)8-19(17,18)14-7-3-5-10(15)16/h9,14H,1-8H2,(H,15,16). The molecule has 0 aromatic rings. The van der Waals surface area contributed by atoms with Crippen molar-refractivity contribution in [2.45, 2.75) is 44.4 Å². The summed E-state index contributed by atoms with van der Waals surface area (Å²) in [5.41, 5.74) is 0. The number of nitrogens with one attached hydrogen (secondary N) is 1. The molecule has 1 saturated carbocycles. The fourth-order valence-electron chi connectivity index (χ4n) is 2.16. The lowest BCUT2D eigenvalue weighted by Gasteiger charge is -2.30. The van der Waals surface area contributed by atoms with Crippen LogP contribution in [0.5, 0.6) is 0 Å². The SMILES string of the molecule is O=C(O)CCCNS(=O)(=O)CC1CCCCC1(F)F. The van der Waals surface area contributed by atoms with Crippen LogP contribution >= 0.6 is 0 Å². The fourth-order valence-corrected chi connectivity index (χ4v) is 3.68. The van der Waals surface area contributed by atoms with E-state index in [9.17, 15) is 22.0 Å². The van der Waals surface area contributed by atoms with Crippen LogP contribution in [0.25, 0.3) is 0 Å². The third-order valence-corrected chi connectivity index (χ3v) is 4.71. The van der Waals surface area contributed by atoms with Gasteiger partial charge in [0.25, 0.3) is 5.92 Å². The highest BCUT2D eigenvalue weighted by Crippen LogP contribution is 2.38. The molecule has 0 aromatic carbocycles. The first-order valence-electron chi connectivity index (χ1n) is 6.30. The van der Waals surface area contributed by atoms with Gasteiger partial charge in [0, 0.05) is 25.3 Å². The minimum Gasteiger partial charge on any atom is -0.481 e. The molecule has 0 spiro atoms. The Kier molecular flexibility index (Phi) is 5.66. The van der Waals surface area contributed by atoms with Gasteiger partial charge in [0.15, 0.2) is 0 Å². The Morgan fingerprint density at radius 3 is 2.63 bits per heavy atom. The number of halogens is 2. The van der Waals surface area contributed by atoms with E-state index in [0.29, 0.717) is 12.8 Å². The number of carboxylic acid groups (broad SMARTS) is 1. The second kappa shape index (κ2) is 6.60. The molecule has 8 heteroatoms. The van der Waals surface area contributed by atoms with E-state index in [1.807, 2.05) is 0 Å². The van der Waals surface area contributed by atoms with Gasteiger partial charge in [-0.1, -0.05) is 6.42 Å². The minimum atomic E-state index is -3.77. The van der Waals surface area contributed by atoms with E-state index >= 15 is 0 Å². The van der Waals surface area contributed by atoms with Crippen LogP contribution in [0.1, 0.15) is 38.5 Å². The van der Waals surface area contributed by atoms with Crippen LogP contribution in [0.15, 0.2) is 0 Å². The van der Waals surface area contributed by atoms with E-state index in [1.165, 1.54) is 0 Å². The van der Waals surface area contributed by atoms with Gasteiger partial charge >= 0.3 is 5.97 Å². The summed E-state index contributed by atoms with van der Waals surface area (Å²) < 4.78 is 52.5. The van der Waals surface area contributed by atoms with Crippen molar-refractivity contribution in [2.75, 3.05) is 12.3 Å². The van der Waals surface area contributed by atoms with E-state index < -0.39 is 33.6 Å². The molecular weight excluding hydrogens is 280 g/mol. The molecule has 0 aromatic heterocycles. The van der Waals surface area contributed by atoms with Crippen molar-refractivity contribution in [3.8, 4) is 0 Å². The van der Waals surface area contributed by atoms with Gasteiger partial charge in [0.1, 0.15) is 0 Å². The lowest BCUT2D eigenvalue weighted by atomic mass is 9.87. The molecule has 0 bridgehead atoms. The molecule has 19 heavy (non-hydrogen) atoms. The predicted octanol–water partition coefficient (Wildman–Crippen LogP) is 1.60. The Hall–Kier alpha value is -0.760. The first-order valence-corrected chi connectivity index (χ1v) is 7.95. The number of rotatable bonds is 7. The summed E-state index contributed by atoms with van der Waals surface area (Å²) in [5.74, 6) is -5.67. The molecule has 1 rings (SSSR count). The van der Waals surface area contributed by atoms with Crippen molar-refractivity contribution in [1.29, 1.82) is 0 Å². The van der Waals surface area contributed by atoms with Crippen molar-refractivity contribution in [3.05, 3.63) is 0 Å². The topological polar surface area (TPSA) is 83.5 Å². The van der Waals surface area contributed by atoms with Crippen LogP contribution in [-0.4, -0.2) is 37.7 Å². The maximum Gasteiger partial charge on any atom is 0.303 e. The quantitative estimate of drug-likeness (QED) is 0.699. The highest BCUT2D eigenvalue weighted by atomic mass is 32.2. The van der Waals surface area contributed by atoms with Gasteiger partial charge in [0.2, 0.25) is 10.0 Å². The molecule has 0 saturated heterocycles. The number of carboxylic acids is 1. The number of hydrogen-bond donors (Lipinski definition) is 2. The molecule has 0 aliphatic heterocycles. The van der Waals surface area contributed by atoms with Gasteiger partial charge in [0.05, 0.1) is 5.75 Å². The van der Waals surface area contributed by atoms with Gasteiger partial charge < -0.3 is 5.11 Å². The van der Waals surface area contributed by atoms with Gasteiger partial charge in [-0.15, -0.1) is 0 Å². The van der Waals surface area contributed by atoms with Crippen LogP contribution in [0.2, 0.25) is 0 Å². The summed E-state index contributed by atoms with van der Waals surface area (Å²) in [5, 5.41) is 8.40. The second-order valence-electron chi connectivity index (χ2n) is 4.88. The van der Waals surface area contributed by atoms with E-state index in [0.717, 1.165) is 0 Å². The Balaban J connectivity index is 2.43. The van der Waals surface area contributed by atoms with Gasteiger partial charge in [-0.3, -0.25) is 4.79 Å². The predicted molar refractivity (Wildman–Crippen MR) is 65.6 cm³/mol. The average molecular weight is 299 g/mol. The molecule has 1 aliphatic rings. The smallest absolute Gasteiger partial charge is 0.303 e. The van der Waals surface area contributed by atoms with Crippen LogP contribution in [0.3, 0.4) is 0 Å². The number of carbonyl (C=O) groups is 1. The number of hydrogen-bond acceptors (Lipinski definition) is 3. The Bertz CT molecular complexity index is 411. The fraction of sp³-hybridized carbons (Fsp3) is 0.909. The van der Waals surface area contributed by atoms with E-state index in [4.69, 9.17) is 5.11 Å². The molecule has 112 valence electrons. The van der Waals surface area contributed by atoms with Gasteiger partial charge in [-0.25, -0.2) is 21.9 Å². The van der Waals surface area contributed by atoms with Crippen LogP contribution < -0.4 is 4.72 Å². The lowest BCUT2D eigenvalue weighted by Crippen LogP contribution is -2.40. The van der Waals surface area contributed by atoms with Crippen molar-refractivity contribution in [2.24, 2.45) is 5.92 Å².